The molecule has 0 radical (unpaired) electrons. The summed E-state index contributed by atoms with van der Waals surface area (Å²) in [5.74, 6) is 0.181. The fourth-order valence-corrected chi connectivity index (χ4v) is 3.99. The van der Waals surface area contributed by atoms with Crippen LogP contribution in [0.4, 0.5) is 4.39 Å². The average molecular weight is 406 g/mol. The van der Waals surface area contributed by atoms with Crippen LogP contribution in [0.5, 0.6) is 0 Å². The lowest BCUT2D eigenvalue weighted by atomic mass is 10.2. The molecular weight excluding hydrogens is 387 g/mol. The number of hydrogen-bond donors (Lipinski definition) is 1. The molecule has 146 valence electrons. The molecule has 0 atom stereocenters. The summed E-state index contributed by atoms with van der Waals surface area (Å²) in [7, 11) is 0. The molecule has 1 N–H and O–H groups in total. The van der Waals surface area contributed by atoms with Crippen LogP contribution >= 0.6 is 11.8 Å². The molecule has 0 amide bonds. The zero-order valence-electron chi connectivity index (χ0n) is 16.0. The van der Waals surface area contributed by atoms with Gasteiger partial charge in [-0.15, -0.1) is 5.10 Å². The molecule has 7 heteroatoms. The van der Waals surface area contributed by atoms with Gasteiger partial charge in [-0.1, -0.05) is 42.1 Å². The van der Waals surface area contributed by atoms with Gasteiger partial charge in [0, 0.05) is 22.6 Å². The lowest BCUT2D eigenvalue weighted by Crippen LogP contribution is -2.05. The maximum absolute atomic E-state index is 13.9. The molecule has 4 aromatic rings. The lowest BCUT2D eigenvalue weighted by molar-refractivity contribution is 0.102. The topological polar surface area (TPSA) is 63.6 Å². The summed E-state index contributed by atoms with van der Waals surface area (Å²) in [4.78, 5) is 17.1. The first-order valence-corrected chi connectivity index (χ1v) is 10.1. The molecule has 0 aliphatic carbocycles. The van der Waals surface area contributed by atoms with Gasteiger partial charge in [-0.05, 0) is 44.2 Å². The number of aryl methyl sites for hydroxylation is 1. The van der Waals surface area contributed by atoms with Crippen molar-refractivity contribution in [1.82, 2.24) is 19.7 Å². The van der Waals surface area contributed by atoms with E-state index in [0.29, 0.717) is 22.1 Å². The Labute approximate surface area is 172 Å². The summed E-state index contributed by atoms with van der Waals surface area (Å²) >= 11 is 1.23. The molecule has 0 aliphatic heterocycles. The minimum absolute atomic E-state index is 0.00234. The quantitative estimate of drug-likeness (QED) is 0.362. The van der Waals surface area contributed by atoms with E-state index in [4.69, 9.17) is 0 Å². The van der Waals surface area contributed by atoms with Crippen molar-refractivity contribution in [2.24, 2.45) is 0 Å². The third-order valence-electron chi connectivity index (χ3n) is 4.67. The standard InChI is InChI=1S/C22H19FN4OS/c1-14-12-18(15(2)27(14)16-8-4-3-5-9-16)20(28)13-29-22-24-21(25-26-22)17-10-6-7-11-19(17)23/h3-12H,13H2,1-2H3,(H,24,25,26). The number of Topliss-reactive ketones (excluding diaryl/α,β-unsaturated/α-hetero) is 1. The first-order chi connectivity index (χ1) is 14.0. The van der Waals surface area contributed by atoms with Crippen molar-refractivity contribution in [3.8, 4) is 17.1 Å². The summed E-state index contributed by atoms with van der Waals surface area (Å²) in [6, 6.07) is 18.2. The number of carbonyl (C=O) groups is 1. The maximum atomic E-state index is 13.9. The monoisotopic (exact) mass is 406 g/mol. The zero-order chi connectivity index (χ0) is 20.4. The highest BCUT2D eigenvalue weighted by Crippen LogP contribution is 2.25. The van der Waals surface area contributed by atoms with Gasteiger partial charge in [0.1, 0.15) is 5.82 Å². The van der Waals surface area contributed by atoms with E-state index < -0.39 is 0 Å². The lowest BCUT2D eigenvalue weighted by Gasteiger charge is -2.09. The zero-order valence-corrected chi connectivity index (χ0v) is 16.8. The molecule has 4 rings (SSSR count). The number of hydrogen-bond acceptors (Lipinski definition) is 4. The third-order valence-corrected chi connectivity index (χ3v) is 5.52. The van der Waals surface area contributed by atoms with E-state index in [1.165, 1.54) is 17.8 Å². The number of rotatable bonds is 6. The number of para-hydroxylation sites is 1. The summed E-state index contributed by atoms with van der Waals surface area (Å²) in [6.45, 7) is 3.93. The Morgan fingerprint density at radius 2 is 1.83 bits per heavy atom. The molecule has 0 saturated carbocycles. The van der Waals surface area contributed by atoms with Crippen molar-refractivity contribution in [3.63, 3.8) is 0 Å². The molecule has 0 spiro atoms. The summed E-state index contributed by atoms with van der Waals surface area (Å²) in [6.07, 6.45) is 0. The second-order valence-corrected chi connectivity index (χ2v) is 7.56. The molecule has 0 aliphatic rings. The maximum Gasteiger partial charge on any atom is 0.209 e. The normalized spacial score (nSPS) is 11.0. The summed E-state index contributed by atoms with van der Waals surface area (Å²) in [5.41, 5.74) is 3.97. The van der Waals surface area contributed by atoms with Crippen molar-refractivity contribution < 1.29 is 9.18 Å². The Morgan fingerprint density at radius 1 is 1.10 bits per heavy atom. The third kappa shape index (κ3) is 3.86. The predicted molar refractivity (Wildman–Crippen MR) is 112 cm³/mol. The van der Waals surface area contributed by atoms with Crippen LogP contribution in [0.25, 0.3) is 17.1 Å². The molecule has 2 aromatic heterocycles. The minimum Gasteiger partial charge on any atom is -0.318 e. The smallest absolute Gasteiger partial charge is 0.209 e. The van der Waals surface area contributed by atoms with Gasteiger partial charge in [0.15, 0.2) is 11.6 Å². The van der Waals surface area contributed by atoms with Crippen LogP contribution in [0.2, 0.25) is 0 Å². The summed E-state index contributed by atoms with van der Waals surface area (Å²) in [5, 5.41) is 7.24. The van der Waals surface area contributed by atoms with Crippen molar-refractivity contribution in [3.05, 3.63) is 83.4 Å². The van der Waals surface area contributed by atoms with Gasteiger partial charge in [0.2, 0.25) is 5.16 Å². The van der Waals surface area contributed by atoms with Crippen molar-refractivity contribution >= 4 is 17.5 Å². The number of carbonyl (C=O) groups excluding carboxylic acids is 1. The molecule has 0 bridgehead atoms. The van der Waals surface area contributed by atoms with E-state index in [1.807, 2.05) is 50.2 Å². The van der Waals surface area contributed by atoms with Crippen LogP contribution in [0.1, 0.15) is 21.7 Å². The highest BCUT2D eigenvalue weighted by atomic mass is 32.2. The first-order valence-electron chi connectivity index (χ1n) is 9.12. The van der Waals surface area contributed by atoms with Gasteiger partial charge in [-0.3, -0.25) is 9.89 Å². The van der Waals surface area contributed by atoms with E-state index in [1.54, 1.807) is 18.2 Å². The van der Waals surface area contributed by atoms with Gasteiger partial charge >= 0.3 is 0 Å². The van der Waals surface area contributed by atoms with Crippen LogP contribution in [0.15, 0.2) is 65.8 Å². The van der Waals surface area contributed by atoms with Gasteiger partial charge in [-0.2, -0.15) is 0 Å². The first kappa shape index (κ1) is 19.1. The summed E-state index contributed by atoms with van der Waals surface area (Å²) < 4.78 is 16.0. The number of benzene rings is 2. The van der Waals surface area contributed by atoms with Crippen LogP contribution in [0.3, 0.4) is 0 Å². The molecule has 0 fully saturated rings. The number of H-pyrrole nitrogens is 1. The number of ketones is 1. The SMILES string of the molecule is Cc1cc(C(=O)CSc2n[nH]c(-c3ccccc3F)n2)c(C)n1-c1ccccc1. The molecule has 2 heterocycles. The Balaban J connectivity index is 1.49. The van der Waals surface area contributed by atoms with Crippen LogP contribution in [-0.4, -0.2) is 31.3 Å². The second-order valence-electron chi connectivity index (χ2n) is 6.61. The Morgan fingerprint density at radius 3 is 2.59 bits per heavy atom. The Kier molecular flexibility index (Phi) is 5.31. The number of nitrogens with zero attached hydrogens (tertiary/aromatic N) is 3. The molecule has 0 saturated heterocycles. The minimum atomic E-state index is -0.371. The average Bonchev–Trinajstić information content (AvgIpc) is 3.31. The van der Waals surface area contributed by atoms with Gasteiger partial charge in [0.05, 0.1) is 11.3 Å². The highest BCUT2D eigenvalue weighted by Gasteiger charge is 2.18. The molecule has 0 unspecified atom stereocenters. The number of halogens is 1. The number of nitrogens with one attached hydrogen (secondary N) is 1. The van der Waals surface area contributed by atoms with E-state index >= 15 is 0 Å². The fraction of sp³-hybridized carbons (Fsp3) is 0.136. The predicted octanol–water partition coefficient (Wildman–Crippen LogP) is 4.99. The Bertz CT molecular complexity index is 1170. The van der Waals surface area contributed by atoms with Crippen molar-refractivity contribution in [1.29, 1.82) is 0 Å². The van der Waals surface area contributed by atoms with Gasteiger partial charge in [0.25, 0.3) is 0 Å². The number of aromatic amines is 1. The van der Waals surface area contributed by atoms with Crippen LogP contribution < -0.4 is 0 Å². The van der Waals surface area contributed by atoms with Crippen LogP contribution in [-0.2, 0) is 0 Å². The van der Waals surface area contributed by atoms with E-state index in [0.717, 1.165) is 17.1 Å². The van der Waals surface area contributed by atoms with Crippen molar-refractivity contribution in [2.45, 2.75) is 19.0 Å². The number of thioether (sulfide) groups is 1. The van der Waals surface area contributed by atoms with E-state index in [-0.39, 0.29) is 17.4 Å². The van der Waals surface area contributed by atoms with Crippen LogP contribution in [0, 0.1) is 19.7 Å². The fourth-order valence-electron chi connectivity index (χ4n) is 3.31. The molecule has 29 heavy (non-hydrogen) atoms. The van der Waals surface area contributed by atoms with E-state index in [9.17, 15) is 9.18 Å². The van der Waals surface area contributed by atoms with E-state index in [2.05, 4.69) is 19.7 Å². The largest absolute Gasteiger partial charge is 0.318 e. The molecule has 2 aromatic carbocycles. The van der Waals surface area contributed by atoms with Gasteiger partial charge in [-0.25, -0.2) is 9.37 Å². The highest BCUT2D eigenvalue weighted by molar-refractivity contribution is 7.99. The van der Waals surface area contributed by atoms with Gasteiger partial charge < -0.3 is 4.57 Å². The molecular formula is C22H19FN4OS. The molecule has 5 nitrogen and oxygen atoms in total. The Hall–Kier alpha value is -3.19. The number of aromatic nitrogens is 4. The van der Waals surface area contributed by atoms with Crippen molar-refractivity contribution in [2.75, 3.05) is 5.75 Å². The second kappa shape index (κ2) is 8.05.